The monoisotopic (exact) mass is 210 g/mol. The fourth-order valence-corrected chi connectivity index (χ4v) is 1.70. The molecule has 0 aliphatic rings. The first-order valence-electron chi connectivity index (χ1n) is 4.69. The summed E-state index contributed by atoms with van der Waals surface area (Å²) in [5.74, 6) is -2.10. The van der Waals surface area contributed by atoms with Crippen molar-refractivity contribution in [1.29, 1.82) is 0 Å². The Balaban J connectivity index is 3.70. The predicted molar refractivity (Wildman–Crippen MR) is 55.6 cm³/mol. The molecule has 15 heavy (non-hydrogen) atoms. The molecule has 0 heterocycles. The molecule has 0 saturated carbocycles. The third-order valence-corrected chi connectivity index (χ3v) is 2.70. The number of aromatic hydroxyl groups is 2. The molecular formula is C11H14O4. The molecule has 0 aromatic heterocycles. The second-order valence-electron chi connectivity index (χ2n) is 3.46. The second-order valence-corrected chi connectivity index (χ2v) is 3.46. The Hall–Kier alpha value is -1.71. The molecule has 4 nitrogen and oxygen atoms in total. The van der Waals surface area contributed by atoms with Gasteiger partial charge in [0.15, 0.2) is 11.5 Å². The lowest BCUT2D eigenvalue weighted by Gasteiger charge is -2.14. The minimum absolute atomic E-state index is 0.196. The van der Waals surface area contributed by atoms with Gasteiger partial charge in [0.25, 0.3) is 0 Å². The number of carbonyl (C=O) groups is 1. The summed E-state index contributed by atoms with van der Waals surface area (Å²) < 4.78 is 0. The SMILES string of the molecule is CCc1c(C)c(C)c(O)c(O)c1C(=O)O. The van der Waals surface area contributed by atoms with Crippen LogP contribution in [-0.4, -0.2) is 21.3 Å². The molecule has 1 aromatic rings. The molecular weight excluding hydrogens is 196 g/mol. The van der Waals surface area contributed by atoms with Crippen molar-refractivity contribution in [1.82, 2.24) is 0 Å². The zero-order valence-corrected chi connectivity index (χ0v) is 8.96. The first-order valence-corrected chi connectivity index (χ1v) is 4.69. The first-order chi connectivity index (χ1) is 6.91. The van der Waals surface area contributed by atoms with E-state index in [9.17, 15) is 15.0 Å². The number of carboxylic acids is 1. The highest BCUT2D eigenvalue weighted by atomic mass is 16.4. The van der Waals surface area contributed by atoms with Crippen molar-refractivity contribution >= 4 is 5.97 Å². The first kappa shape index (κ1) is 11.4. The summed E-state index contributed by atoms with van der Waals surface area (Å²) in [4.78, 5) is 10.9. The molecule has 3 N–H and O–H groups in total. The van der Waals surface area contributed by atoms with E-state index in [-0.39, 0.29) is 11.3 Å². The van der Waals surface area contributed by atoms with Crippen LogP contribution in [-0.2, 0) is 6.42 Å². The van der Waals surface area contributed by atoms with Crippen LogP contribution in [0, 0.1) is 13.8 Å². The van der Waals surface area contributed by atoms with E-state index in [1.807, 2.05) is 6.92 Å². The lowest BCUT2D eigenvalue weighted by atomic mass is 9.94. The zero-order chi connectivity index (χ0) is 11.7. The highest BCUT2D eigenvalue weighted by Gasteiger charge is 2.22. The molecule has 0 fully saturated rings. The Kier molecular flexibility index (Phi) is 2.88. The van der Waals surface area contributed by atoms with E-state index in [2.05, 4.69) is 0 Å². The maximum Gasteiger partial charge on any atom is 0.339 e. The van der Waals surface area contributed by atoms with Crippen LogP contribution < -0.4 is 0 Å². The van der Waals surface area contributed by atoms with Crippen LogP contribution in [0.5, 0.6) is 11.5 Å². The standard InChI is InChI=1S/C11H14O4/c1-4-7-5(2)6(3)9(12)10(13)8(7)11(14)15/h12-13H,4H2,1-3H3,(H,14,15). The van der Waals surface area contributed by atoms with Crippen LogP contribution >= 0.6 is 0 Å². The molecule has 0 aliphatic carbocycles. The molecule has 0 radical (unpaired) electrons. The summed E-state index contributed by atoms with van der Waals surface area (Å²) in [6, 6.07) is 0. The maximum absolute atomic E-state index is 10.9. The minimum Gasteiger partial charge on any atom is -0.504 e. The number of benzene rings is 1. The van der Waals surface area contributed by atoms with Crippen molar-refractivity contribution in [3.8, 4) is 11.5 Å². The lowest BCUT2D eigenvalue weighted by molar-refractivity contribution is 0.0691. The highest BCUT2D eigenvalue weighted by Crippen LogP contribution is 2.37. The molecule has 0 bridgehead atoms. The molecule has 4 heteroatoms. The van der Waals surface area contributed by atoms with Crippen LogP contribution in [0.15, 0.2) is 0 Å². The van der Waals surface area contributed by atoms with E-state index >= 15 is 0 Å². The van der Waals surface area contributed by atoms with Crippen molar-refractivity contribution in [2.45, 2.75) is 27.2 Å². The Morgan fingerprint density at radius 3 is 2.07 bits per heavy atom. The van der Waals surface area contributed by atoms with E-state index in [0.717, 1.165) is 0 Å². The Labute approximate surface area is 87.8 Å². The molecule has 1 aromatic carbocycles. The van der Waals surface area contributed by atoms with Crippen molar-refractivity contribution < 1.29 is 20.1 Å². The van der Waals surface area contributed by atoms with Gasteiger partial charge < -0.3 is 15.3 Å². The fraction of sp³-hybridized carbons (Fsp3) is 0.364. The van der Waals surface area contributed by atoms with E-state index in [1.54, 1.807) is 13.8 Å². The molecule has 0 unspecified atom stereocenters. The maximum atomic E-state index is 10.9. The summed E-state index contributed by atoms with van der Waals surface area (Å²) in [6.45, 7) is 5.19. The van der Waals surface area contributed by atoms with Crippen LogP contribution in [0.25, 0.3) is 0 Å². The van der Waals surface area contributed by atoms with Gasteiger partial charge in [0.1, 0.15) is 5.56 Å². The second kappa shape index (κ2) is 3.81. The van der Waals surface area contributed by atoms with Crippen LogP contribution in [0.4, 0.5) is 0 Å². The van der Waals surface area contributed by atoms with Crippen molar-refractivity contribution in [3.63, 3.8) is 0 Å². The van der Waals surface area contributed by atoms with Crippen LogP contribution in [0.2, 0.25) is 0 Å². The summed E-state index contributed by atoms with van der Waals surface area (Å²) >= 11 is 0. The molecule has 82 valence electrons. The molecule has 0 spiro atoms. The highest BCUT2D eigenvalue weighted by molar-refractivity contribution is 5.94. The number of carboxylic acid groups (broad SMARTS) is 1. The smallest absolute Gasteiger partial charge is 0.339 e. The topological polar surface area (TPSA) is 77.8 Å². The van der Waals surface area contributed by atoms with Gasteiger partial charge in [0.05, 0.1) is 0 Å². The Bertz CT molecular complexity index is 421. The predicted octanol–water partition coefficient (Wildman–Crippen LogP) is 1.98. The van der Waals surface area contributed by atoms with Gasteiger partial charge in [-0.1, -0.05) is 6.92 Å². The molecule has 1 rings (SSSR count). The third-order valence-electron chi connectivity index (χ3n) is 2.70. The summed E-state index contributed by atoms with van der Waals surface area (Å²) in [6.07, 6.45) is 0.502. The van der Waals surface area contributed by atoms with E-state index in [0.29, 0.717) is 23.1 Å². The largest absolute Gasteiger partial charge is 0.504 e. The average molecular weight is 210 g/mol. The molecule has 0 aliphatic heterocycles. The minimum atomic E-state index is -1.22. The number of hydrogen-bond donors (Lipinski definition) is 3. The van der Waals surface area contributed by atoms with Gasteiger partial charge in [-0.05, 0) is 37.0 Å². The van der Waals surface area contributed by atoms with Gasteiger partial charge in [-0.3, -0.25) is 0 Å². The van der Waals surface area contributed by atoms with Gasteiger partial charge >= 0.3 is 5.97 Å². The summed E-state index contributed by atoms with van der Waals surface area (Å²) in [5, 5.41) is 28.0. The van der Waals surface area contributed by atoms with Gasteiger partial charge in [-0.2, -0.15) is 0 Å². The van der Waals surface area contributed by atoms with E-state index in [1.165, 1.54) is 0 Å². The van der Waals surface area contributed by atoms with Crippen molar-refractivity contribution in [2.24, 2.45) is 0 Å². The number of rotatable bonds is 2. The molecule has 0 saturated heterocycles. The quantitative estimate of drug-likeness (QED) is 0.652. The van der Waals surface area contributed by atoms with Gasteiger partial charge in [-0.15, -0.1) is 0 Å². The number of hydrogen-bond acceptors (Lipinski definition) is 3. The summed E-state index contributed by atoms with van der Waals surface area (Å²) in [7, 11) is 0. The number of phenolic OH excluding ortho intramolecular Hbond substituents is 1. The Morgan fingerprint density at radius 2 is 1.67 bits per heavy atom. The fourth-order valence-electron chi connectivity index (χ4n) is 1.70. The zero-order valence-electron chi connectivity index (χ0n) is 8.96. The van der Waals surface area contributed by atoms with Crippen molar-refractivity contribution in [2.75, 3.05) is 0 Å². The van der Waals surface area contributed by atoms with Crippen molar-refractivity contribution in [3.05, 3.63) is 22.3 Å². The van der Waals surface area contributed by atoms with E-state index in [4.69, 9.17) is 5.11 Å². The van der Waals surface area contributed by atoms with Gasteiger partial charge in [0.2, 0.25) is 0 Å². The Morgan fingerprint density at radius 1 is 1.13 bits per heavy atom. The molecule has 0 atom stereocenters. The van der Waals surface area contributed by atoms with Crippen LogP contribution in [0.1, 0.15) is 34.0 Å². The molecule has 0 amide bonds. The van der Waals surface area contributed by atoms with E-state index < -0.39 is 11.7 Å². The van der Waals surface area contributed by atoms with Crippen LogP contribution in [0.3, 0.4) is 0 Å². The van der Waals surface area contributed by atoms with Gasteiger partial charge in [0, 0.05) is 0 Å². The normalized spacial score (nSPS) is 10.3. The van der Waals surface area contributed by atoms with Gasteiger partial charge in [-0.25, -0.2) is 4.79 Å². The number of phenols is 2. The lowest BCUT2D eigenvalue weighted by Crippen LogP contribution is -2.06. The average Bonchev–Trinajstić information content (AvgIpc) is 2.19. The number of aromatic carboxylic acids is 1. The third kappa shape index (κ3) is 1.63. The summed E-state index contributed by atoms with van der Waals surface area (Å²) in [5.41, 5.74) is 1.60.